The van der Waals surface area contributed by atoms with Crippen LogP contribution in [0, 0.1) is 5.92 Å². The highest BCUT2D eigenvalue weighted by Crippen LogP contribution is 2.26. The quantitative estimate of drug-likeness (QED) is 0.754. The Balaban J connectivity index is 1.69. The van der Waals surface area contributed by atoms with Crippen molar-refractivity contribution in [1.29, 1.82) is 0 Å². The second kappa shape index (κ2) is 9.19. The number of carbonyl (C=O) groups is 1. The number of hydrogen-bond donors (Lipinski definition) is 2. The molecule has 1 aliphatic rings. The molecule has 134 valence electrons. The van der Waals surface area contributed by atoms with Gasteiger partial charge in [-0.25, -0.2) is 0 Å². The number of carbonyl (C=O) groups excluding carboxylic acids is 1. The zero-order chi connectivity index (χ0) is 17.5. The normalized spacial score (nSPS) is 24.1. The predicted molar refractivity (Wildman–Crippen MR) is 96.0 cm³/mol. The molecule has 0 radical (unpaired) electrons. The van der Waals surface area contributed by atoms with Gasteiger partial charge in [-0.2, -0.15) is 0 Å². The molecule has 0 saturated heterocycles. The minimum atomic E-state index is -0.437. The minimum absolute atomic E-state index is 0.0383. The van der Waals surface area contributed by atoms with Crippen molar-refractivity contribution in [2.45, 2.75) is 64.1 Å². The van der Waals surface area contributed by atoms with Gasteiger partial charge in [-0.15, -0.1) is 0 Å². The van der Waals surface area contributed by atoms with Crippen LogP contribution in [0.2, 0.25) is 0 Å². The van der Waals surface area contributed by atoms with E-state index in [0.29, 0.717) is 25.3 Å². The molecule has 1 amide bonds. The summed E-state index contributed by atoms with van der Waals surface area (Å²) >= 11 is 0. The number of methoxy groups -OCH3 is 1. The third kappa shape index (κ3) is 5.32. The van der Waals surface area contributed by atoms with E-state index in [9.17, 15) is 9.90 Å². The van der Waals surface area contributed by atoms with Gasteiger partial charge in [0.2, 0.25) is 5.91 Å². The van der Waals surface area contributed by atoms with Crippen LogP contribution in [0.1, 0.15) is 56.6 Å². The van der Waals surface area contributed by atoms with Crippen LogP contribution in [0.25, 0.3) is 0 Å². The highest BCUT2D eigenvalue weighted by atomic mass is 16.5. The summed E-state index contributed by atoms with van der Waals surface area (Å²) in [6.07, 6.45) is 3.25. The van der Waals surface area contributed by atoms with Crippen LogP contribution >= 0.6 is 0 Å². The lowest BCUT2D eigenvalue weighted by molar-refractivity contribution is -0.130. The van der Waals surface area contributed by atoms with Crippen LogP contribution < -0.4 is 5.32 Å². The van der Waals surface area contributed by atoms with E-state index in [1.54, 1.807) is 7.11 Å². The lowest BCUT2D eigenvalue weighted by Gasteiger charge is -2.31. The Morgan fingerprint density at radius 1 is 1.29 bits per heavy atom. The smallest absolute Gasteiger partial charge is 0.223 e. The van der Waals surface area contributed by atoms with Crippen LogP contribution in [0.15, 0.2) is 24.3 Å². The van der Waals surface area contributed by atoms with Gasteiger partial charge in [-0.05, 0) is 49.1 Å². The zero-order valence-corrected chi connectivity index (χ0v) is 15.1. The second-order valence-corrected chi connectivity index (χ2v) is 7.14. The summed E-state index contributed by atoms with van der Waals surface area (Å²) in [5.74, 6) is 0.617. The van der Waals surface area contributed by atoms with Crippen molar-refractivity contribution >= 4 is 5.91 Å². The molecule has 0 heterocycles. The highest BCUT2D eigenvalue weighted by Gasteiger charge is 2.32. The first-order chi connectivity index (χ1) is 11.5. The van der Waals surface area contributed by atoms with E-state index < -0.39 is 6.10 Å². The lowest BCUT2D eigenvalue weighted by atomic mass is 9.84. The number of hydrogen-bond acceptors (Lipinski definition) is 3. The summed E-state index contributed by atoms with van der Waals surface area (Å²) in [6, 6.07) is 8.75. The highest BCUT2D eigenvalue weighted by molar-refractivity contribution is 5.78. The van der Waals surface area contributed by atoms with Gasteiger partial charge in [0.05, 0.1) is 12.2 Å². The number of nitrogens with one attached hydrogen (secondary N) is 1. The SMILES string of the molecule is CO[C@@H]1C[C@H](C(=O)NCCCc2ccc(C(C)C)cc2)CC[C@@H]1O. The van der Waals surface area contributed by atoms with Gasteiger partial charge < -0.3 is 15.2 Å². The van der Waals surface area contributed by atoms with Crippen LogP contribution in [0.3, 0.4) is 0 Å². The summed E-state index contributed by atoms with van der Waals surface area (Å²) < 4.78 is 5.26. The van der Waals surface area contributed by atoms with Crippen molar-refractivity contribution in [2.24, 2.45) is 5.92 Å². The first kappa shape index (κ1) is 18.9. The van der Waals surface area contributed by atoms with Gasteiger partial charge in [0.1, 0.15) is 0 Å². The zero-order valence-electron chi connectivity index (χ0n) is 15.1. The van der Waals surface area contributed by atoms with Crippen molar-refractivity contribution in [3.05, 3.63) is 35.4 Å². The molecule has 2 N–H and O–H groups in total. The molecule has 0 spiro atoms. The second-order valence-electron chi connectivity index (χ2n) is 7.14. The van der Waals surface area contributed by atoms with Crippen LogP contribution in [-0.2, 0) is 16.0 Å². The fourth-order valence-corrected chi connectivity index (χ4v) is 3.32. The van der Waals surface area contributed by atoms with Crippen LogP contribution in [0.4, 0.5) is 0 Å². The number of amides is 1. The van der Waals surface area contributed by atoms with Crippen LogP contribution in [0.5, 0.6) is 0 Å². The fourth-order valence-electron chi connectivity index (χ4n) is 3.32. The minimum Gasteiger partial charge on any atom is -0.390 e. The number of rotatable bonds is 7. The van der Waals surface area contributed by atoms with Crippen molar-refractivity contribution in [3.8, 4) is 0 Å². The van der Waals surface area contributed by atoms with Crippen molar-refractivity contribution in [2.75, 3.05) is 13.7 Å². The average molecular weight is 333 g/mol. The molecule has 0 bridgehead atoms. The Hall–Kier alpha value is -1.39. The number of benzene rings is 1. The van der Waals surface area contributed by atoms with E-state index in [-0.39, 0.29) is 17.9 Å². The van der Waals surface area contributed by atoms with E-state index in [1.165, 1.54) is 11.1 Å². The van der Waals surface area contributed by atoms with Gasteiger partial charge in [0.15, 0.2) is 0 Å². The topological polar surface area (TPSA) is 58.6 Å². The number of aryl methyl sites for hydroxylation is 1. The Kier molecular flexibility index (Phi) is 7.25. The fraction of sp³-hybridized carbons (Fsp3) is 0.650. The molecular formula is C20H31NO3. The summed E-state index contributed by atoms with van der Waals surface area (Å²) in [4.78, 5) is 12.2. The summed E-state index contributed by atoms with van der Waals surface area (Å²) in [6.45, 7) is 5.09. The molecule has 1 saturated carbocycles. The predicted octanol–water partition coefficient (Wildman–Crippen LogP) is 3.03. The van der Waals surface area contributed by atoms with E-state index >= 15 is 0 Å². The molecule has 4 nitrogen and oxygen atoms in total. The number of ether oxygens (including phenoxy) is 1. The molecule has 3 atom stereocenters. The third-order valence-electron chi connectivity index (χ3n) is 5.02. The largest absolute Gasteiger partial charge is 0.390 e. The lowest BCUT2D eigenvalue weighted by Crippen LogP contribution is -2.41. The standard InChI is InChI=1S/C20H31NO3/c1-14(2)16-8-6-15(7-9-16)5-4-12-21-20(23)17-10-11-18(22)19(13-17)24-3/h6-9,14,17-19,22H,4-5,10-13H2,1-3H3,(H,21,23)/t17-,18+,19-/m1/s1. The molecule has 1 aromatic rings. The molecule has 1 fully saturated rings. The van der Waals surface area contributed by atoms with Crippen molar-refractivity contribution < 1.29 is 14.6 Å². The van der Waals surface area contributed by atoms with Crippen LogP contribution in [-0.4, -0.2) is 36.9 Å². The maximum absolute atomic E-state index is 12.2. The van der Waals surface area contributed by atoms with Crippen molar-refractivity contribution in [1.82, 2.24) is 5.32 Å². The van der Waals surface area contributed by atoms with Gasteiger partial charge in [-0.3, -0.25) is 4.79 Å². The molecule has 4 heteroatoms. The maximum atomic E-state index is 12.2. The van der Waals surface area contributed by atoms with E-state index in [1.807, 2.05) is 0 Å². The molecule has 1 aromatic carbocycles. The Bertz CT molecular complexity index is 512. The Morgan fingerprint density at radius 2 is 2.00 bits per heavy atom. The Labute approximate surface area is 145 Å². The van der Waals surface area contributed by atoms with Gasteiger partial charge in [-0.1, -0.05) is 38.1 Å². The van der Waals surface area contributed by atoms with Crippen molar-refractivity contribution in [3.63, 3.8) is 0 Å². The summed E-state index contributed by atoms with van der Waals surface area (Å²) in [7, 11) is 1.60. The molecule has 2 rings (SSSR count). The van der Waals surface area contributed by atoms with E-state index in [0.717, 1.165) is 19.3 Å². The number of aliphatic hydroxyl groups excluding tert-OH is 1. The molecule has 1 aliphatic carbocycles. The van der Waals surface area contributed by atoms with E-state index in [4.69, 9.17) is 4.74 Å². The molecule has 24 heavy (non-hydrogen) atoms. The summed E-state index contributed by atoms with van der Waals surface area (Å²) in [5.41, 5.74) is 2.67. The molecular weight excluding hydrogens is 302 g/mol. The molecule has 0 unspecified atom stereocenters. The third-order valence-corrected chi connectivity index (χ3v) is 5.02. The van der Waals surface area contributed by atoms with Gasteiger partial charge >= 0.3 is 0 Å². The monoisotopic (exact) mass is 333 g/mol. The number of aliphatic hydroxyl groups is 1. The Morgan fingerprint density at radius 3 is 2.62 bits per heavy atom. The van der Waals surface area contributed by atoms with Gasteiger partial charge in [0, 0.05) is 19.6 Å². The van der Waals surface area contributed by atoms with Gasteiger partial charge in [0.25, 0.3) is 0 Å². The molecule has 0 aliphatic heterocycles. The first-order valence-electron chi connectivity index (χ1n) is 9.08. The first-order valence-corrected chi connectivity index (χ1v) is 9.08. The average Bonchev–Trinajstić information content (AvgIpc) is 2.59. The van der Waals surface area contributed by atoms with E-state index in [2.05, 4.69) is 43.4 Å². The molecule has 0 aromatic heterocycles. The summed E-state index contributed by atoms with van der Waals surface area (Å²) in [5, 5.41) is 12.8. The maximum Gasteiger partial charge on any atom is 0.223 e.